The van der Waals surface area contributed by atoms with E-state index in [0.29, 0.717) is 15.8 Å². The van der Waals surface area contributed by atoms with Gasteiger partial charge in [-0.15, -0.1) is 0 Å². The van der Waals surface area contributed by atoms with Gasteiger partial charge in [-0.25, -0.2) is 14.1 Å². The fraction of sp³-hybridized carbons (Fsp3) is 0.0357. The van der Waals surface area contributed by atoms with Crippen LogP contribution < -0.4 is 15.0 Å². The van der Waals surface area contributed by atoms with Gasteiger partial charge in [-0.3, -0.25) is 14.9 Å². The topological polar surface area (TPSA) is 75.7 Å². The van der Waals surface area contributed by atoms with E-state index in [-0.39, 0.29) is 22.9 Å². The minimum atomic E-state index is -0.921. The van der Waals surface area contributed by atoms with Gasteiger partial charge in [0.15, 0.2) is 5.75 Å². The Morgan fingerprint density at radius 2 is 1.68 bits per heavy atom. The van der Waals surface area contributed by atoms with Crippen molar-refractivity contribution in [2.24, 2.45) is 0 Å². The number of hydrogen-bond acceptors (Lipinski definition) is 4. The first-order chi connectivity index (χ1) is 17.8. The van der Waals surface area contributed by atoms with Crippen LogP contribution in [-0.4, -0.2) is 17.8 Å². The Balaban J connectivity index is 1.39. The van der Waals surface area contributed by atoms with Crippen LogP contribution in [0.15, 0.2) is 88.9 Å². The molecule has 6 nitrogen and oxygen atoms in total. The number of amides is 4. The molecule has 0 radical (unpaired) electrons. The van der Waals surface area contributed by atoms with Gasteiger partial charge in [-0.2, -0.15) is 0 Å². The summed E-state index contributed by atoms with van der Waals surface area (Å²) >= 11 is 9.93. The molecule has 5 rings (SSSR count). The number of nitrogens with zero attached hydrogens (tertiary/aromatic N) is 1. The molecule has 0 spiro atoms. The Morgan fingerprint density at radius 3 is 2.41 bits per heavy atom. The van der Waals surface area contributed by atoms with E-state index >= 15 is 0 Å². The normalized spacial score (nSPS) is 14.8. The average Bonchev–Trinajstić information content (AvgIpc) is 2.87. The first-order valence-corrected chi connectivity index (χ1v) is 12.2. The molecule has 1 aliphatic rings. The quantitative estimate of drug-likeness (QED) is 0.212. The zero-order valence-electron chi connectivity index (χ0n) is 19.0. The van der Waals surface area contributed by atoms with Crippen molar-refractivity contribution in [2.45, 2.75) is 6.61 Å². The number of nitrogens with one attached hydrogen (secondary N) is 1. The number of ether oxygens (including phenoxy) is 1. The first-order valence-electron chi connectivity index (χ1n) is 11.1. The van der Waals surface area contributed by atoms with Crippen LogP contribution in [0.3, 0.4) is 0 Å². The van der Waals surface area contributed by atoms with E-state index in [1.165, 1.54) is 18.2 Å². The molecule has 0 aromatic heterocycles. The fourth-order valence-electron chi connectivity index (χ4n) is 3.93. The van der Waals surface area contributed by atoms with Gasteiger partial charge in [0.25, 0.3) is 11.8 Å². The predicted molar refractivity (Wildman–Crippen MR) is 143 cm³/mol. The summed E-state index contributed by atoms with van der Waals surface area (Å²) in [6, 6.07) is 21.1. The van der Waals surface area contributed by atoms with Gasteiger partial charge < -0.3 is 4.74 Å². The van der Waals surface area contributed by atoms with E-state index in [1.807, 2.05) is 42.5 Å². The Labute approximate surface area is 224 Å². The number of fused-ring (bicyclic) bond motifs is 1. The van der Waals surface area contributed by atoms with Gasteiger partial charge in [0.2, 0.25) is 0 Å². The summed E-state index contributed by atoms with van der Waals surface area (Å²) in [6.45, 7) is 0.277. The molecule has 1 fully saturated rings. The molecule has 4 aromatic carbocycles. The highest BCUT2D eigenvalue weighted by Crippen LogP contribution is 2.36. The number of benzene rings is 4. The maximum Gasteiger partial charge on any atom is 0.335 e. The number of anilines is 1. The summed E-state index contributed by atoms with van der Waals surface area (Å²) in [7, 11) is 0. The molecular formula is C28H17BrClFN2O4. The van der Waals surface area contributed by atoms with Gasteiger partial charge >= 0.3 is 6.03 Å². The summed E-state index contributed by atoms with van der Waals surface area (Å²) in [6.07, 6.45) is 1.32. The van der Waals surface area contributed by atoms with E-state index in [9.17, 15) is 18.8 Å². The lowest BCUT2D eigenvalue weighted by Crippen LogP contribution is -2.54. The summed E-state index contributed by atoms with van der Waals surface area (Å²) in [5.74, 6) is -1.82. The highest BCUT2D eigenvalue weighted by atomic mass is 79.9. The molecule has 0 bridgehead atoms. The van der Waals surface area contributed by atoms with E-state index in [1.54, 1.807) is 12.1 Å². The number of carbonyl (C=O) groups is 3. The molecular weight excluding hydrogens is 563 g/mol. The predicted octanol–water partition coefficient (Wildman–Crippen LogP) is 6.64. The van der Waals surface area contributed by atoms with Crippen LogP contribution in [0.25, 0.3) is 16.8 Å². The summed E-state index contributed by atoms with van der Waals surface area (Å²) in [4.78, 5) is 38.6. The van der Waals surface area contributed by atoms with Crippen molar-refractivity contribution in [3.8, 4) is 5.75 Å². The standard InChI is InChI=1S/C28H17BrClFN2O4/c29-23-13-17(12-22-26(34)32-28(36)33(27(22)35)21-9-7-20(31)8-10-21)14-24(30)25(23)37-15-16-5-6-18-3-1-2-4-19(18)11-16/h1-14H,15H2,(H,32,34,36)/b22-12+. The van der Waals surface area contributed by atoms with Gasteiger partial charge in [0.05, 0.1) is 15.2 Å². The molecule has 1 aliphatic heterocycles. The van der Waals surface area contributed by atoms with Crippen molar-refractivity contribution in [1.82, 2.24) is 5.32 Å². The second-order valence-electron chi connectivity index (χ2n) is 8.22. The Kier molecular flexibility index (Phi) is 6.78. The van der Waals surface area contributed by atoms with Gasteiger partial charge in [-0.05, 0) is 86.4 Å². The Morgan fingerprint density at radius 1 is 0.946 bits per heavy atom. The van der Waals surface area contributed by atoms with Crippen LogP contribution in [0.2, 0.25) is 5.02 Å². The highest BCUT2D eigenvalue weighted by molar-refractivity contribution is 9.10. The molecule has 4 amide bonds. The Hall–Kier alpha value is -4.01. The number of rotatable bonds is 5. The number of urea groups is 1. The molecule has 9 heteroatoms. The number of halogens is 3. The molecule has 4 aromatic rings. The number of barbiturate groups is 1. The monoisotopic (exact) mass is 578 g/mol. The minimum Gasteiger partial charge on any atom is -0.486 e. The molecule has 1 saturated heterocycles. The third kappa shape index (κ3) is 5.12. The smallest absolute Gasteiger partial charge is 0.335 e. The number of imide groups is 2. The van der Waals surface area contributed by atoms with Crippen LogP contribution in [0.1, 0.15) is 11.1 Å². The molecule has 184 valence electrons. The van der Waals surface area contributed by atoms with Crippen LogP contribution in [0.5, 0.6) is 5.75 Å². The molecule has 0 aliphatic carbocycles. The van der Waals surface area contributed by atoms with Gasteiger partial charge in [0, 0.05) is 0 Å². The van der Waals surface area contributed by atoms with Crippen LogP contribution >= 0.6 is 27.5 Å². The molecule has 37 heavy (non-hydrogen) atoms. The summed E-state index contributed by atoms with van der Waals surface area (Å²) < 4.78 is 19.8. The lowest BCUT2D eigenvalue weighted by Gasteiger charge is -2.26. The van der Waals surface area contributed by atoms with E-state index < -0.39 is 23.7 Å². The van der Waals surface area contributed by atoms with Gasteiger partial charge in [0.1, 0.15) is 18.0 Å². The van der Waals surface area contributed by atoms with Gasteiger partial charge in [-0.1, -0.05) is 48.0 Å². The maximum absolute atomic E-state index is 13.3. The fourth-order valence-corrected chi connectivity index (χ4v) is 4.92. The lowest BCUT2D eigenvalue weighted by molar-refractivity contribution is -0.122. The van der Waals surface area contributed by atoms with Crippen molar-refractivity contribution in [2.75, 3.05) is 4.90 Å². The zero-order chi connectivity index (χ0) is 26.1. The number of hydrogen-bond donors (Lipinski definition) is 1. The molecule has 0 saturated carbocycles. The van der Waals surface area contributed by atoms with Crippen molar-refractivity contribution in [3.05, 3.63) is 111 Å². The van der Waals surface area contributed by atoms with Crippen molar-refractivity contribution in [3.63, 3.8) is 0 Å². The van der Waals surface area contributed by atoms with Crippen LogP contribution in [-0.2, 0) is 16.2 Å². The third-order valence-corrected chi connectivity index (χ3v) is 6.58. The SMILES string of the molecule is O=C1NC(=O)N(c2ccc(F)cc2)C(=O)/C1=C/c1cc(Cl)c(OCc2ccc3ccccc3c2)c(Br)c1. The first kappa shape index (κ1) is 24.7. The van der Waals surface area contributed by atoms with Crippen LogP contribution in [0.4, 0.5) is 14.9 Å². The second kappa shape index (κ2) is 10.2. The van der Waals surface area contributed by atoms with Crippen LogP contribution in [0, 0.1) is 5.82 Å². The Bertz CT molecular complexity index is 1580. The van der Waals surface area contributed by atoms with E-state index in [2.05, 4.69) is 21.2 Å². The molecule has 0 unspecified atom stereocenters. The van der Waals surface area contributed by atoms with Crippen molar-refractivity contribution < 1.29 is 23.5 Å². The lowest BCUT2D eigenvalue weighted by atomic mass is 10.1. The molecule has 0 atom stereocenters. The minimum absolute atomic E-state index is 0.124. The molecule has 1 N–H and O–H groups in total. The molecule has 1 heterocycles. The summed E-state index contributed by atoms with van der Waals surface area (Å²) in [5, 5.41) is 4.62. The number of carbonyl (C=O) groups excluding carboxylic acids is 3. The average molecular weight is 580 g/mol. The van der Waals surface area contributed by atoms with Crippen molar-refractivity contribution >= 4 is 67.9 Å². The van der Waals surface area contributed by atoms with Crippen molar-refractivity contribution in [1.29, 1.82) is 0 Å². The summed E-state index contributed by atoms with van der Waals surface area (Å²) in [5.41, 5.74) is 1.24. The van der Waals surface area contributed by atoms with E-state index in [4.69, 9.17) is 16.3 Å². The van der Waals surface area contributed by atoms with E-state index in [0.717, 1.165) is 33.4 Å². The highest BCUT2D eigenvalue weighted by Gasteiger charge is 2.36. The second-order valence-corrected chi connectivity index (χ2v) is 9.48. The maximum atomic E-state index is 13.3. The largest absolute Gasteiger partial charge is 0.486 e. The third-order valence-electron chi connectivity index (χ3n) is 5.72. The zero-order valence-corrected chi connectivity index (χ0v) is 21.3.